The molecule has 26 heavy (non-hydrogen) atoms. The molecule has 3 atom stereocenters. The van der Waals surface area contributed by atoms with Crippen molar-refractivity contribution >= 4 is 15.9 Å². The number of likely N-dealkylation sites (tertiary alicyclic amines) is 1. The molecule has 5 nitrogen and oxygen atoms in total. The summed E-state index contributed by atoms with van der Waals surface area (Å²) in [6.45, 7) is 1.23. The minimum absolute atomic E-state index is 0.0404. The van der Waals surface area contributed by atoms with Crippen molar-refractivity contribution in [2.75, 3.05) is 13.1 Å². The van der Waals surface area contributed by atoms with Gasteiger partial charge in [0.1, 0.15) is 6.04 Å². The normalized spacial score (nSPS) is 30.2. The zero-order chi connectivity index (χ0) is 18.1. The molecule has 2 aliphatic heterocycles. The quantitative estimate of drug-likeness (QED) is 0.815. The van der Waals surface area contributed by atoms with Crippen molar-refractivity contribution in [2.45, 2.75) is 68.3 Å². The van der Waals surface area contributed by atoms with Crippen LogP contribution in [0.3, 0.4) is 0 Å². The Morgan fingerprint density at radius 1 is 0.885 bits per heavy atom. The van der Waals surface area contributed by atoms with Gasteiger partial charge in [0.15, 0.2) is 0 Å². The number of carbonyl (C=O) groups excluding carboxylic acids is 1. The van der Waals surface area contributed by atoms with Crippen molar-refractivity contribution in [1.82, 2.24) is 9.21 Å². The van der Waals surface area contributed by atoms with E-state index in [-0.39, 0.29) is 10.8 Å². The first kappa shape index (κ1) is 18.0. The second-order valence-corrected chi connectivity index (χ2v) is 9.76. The number of benzene rings is 1. The van der Waals surface area contributed by atoms with Gasteiger partial charge >= 0.3 is 0 Å². The smallest absolute Gasteiger partial charge is 0.243 e. The van der Waals surface area contributed by atoms with Crippen LogP contribution in [0.2, 0.25) is 0 Å². The number of hydrogen-bond acceptors (Lipinski definition) is 3. The van der Waals surface area contributed by atoms with Crippen molar-refractivity contribution < 1.29 is 13.2 Å². The van der Waals surface area contributed by atoms with Gasteiger partial charge in [-0.1, -0.05) is 31.0 Å². The van der Waals surface area contributed by atoms with E-state index < -0.39 is 16.1 Å². The standard InChI is InChI=1S/C20H28N2O3S/c23-20(21-14-6-9-16-8-4-5-12-18(16)21)19-13-7-15-22(19)26(24,25)17-10-2-1-3-11-17/h1-3,10-11,16,18-19H,4-9,12-15H2. The Morgan fingerprint density at radius 3 is 2.38 bits per heavy atom. The van der Waals surface area contributed by atoms with E-state index >= 15 is 0 Å². The summed E-state index contributed by atoms with van der Waals surface area (Å²) in [4.78, 5) is 15.7. The molecule has 3 fully saturated rings. The lowest BCUT2D eigenvalue weighted by molar-refractivity contribution is -0.141. The highest BCUT2D eigenvalue weighted by atomic mass is 32.2. The fraction of sp³-hybridized carbons (Fsp3) is 0.650. The van der Waals surface area contributed by atoms with Crippen molar-refractivity contribution in [3.63, 3.8) is 0 Å². The highest BCUT2D eigenvalue weighted by molar-refractivity contribution is 7.89. The molecule has 4 rings (SSSR count). The number of fused-ring (bicyclic) bond motifs is 1. The molecule has 0 bridgehead atoms. The molecule has 2 saturated heterocycles. The Morgan fingerprint density at radius 2 is 1.58 bits per heavy atom. The molecule has 1 aliphatic carbocycles. The van der Waals surface area contributed by atoms with E-state index in [0.717, 1.165) is 25.8 Å². The molecule has 0 spiro atoms. The average molecular weight is 377 g/mol. The van der Waals surface area contributed by atoms with Crippen LogP contribution in [0.1, 0.15) is 51.4 Å². The van der Waals surface area contributed by atoms with E-state index in [9.17, 15) is 13.2 Å². The zero-order valence-electron chi connectivity index (χ0n) is 15.2. The summed E-state index contributed by atoms with van der Waals surface area (Å²) >= 11 is 0. The molecule has 142 valence electrons. The molecule has 6 heteroatoms. The minimum Gasteiger partial charge on any atom is -0.338 e. The van der Waals surface area contributed by atoms with E-state index in [1.807, 2.05) is 11.0 Å². The molecular weight excluding hydrogens is 348 g/mol. The third-order valence-electron chi connectivity index (χ3n) is 6.36. The van der Waals surface area contributed by atoms with Crippen LogP contribution >= 0.6 is 0 Å². The second kappa shape index (κ2) is 7.31. The molecule has 0 aromatic heterocycles. The number of carbonyl (C=O) groups is 1. The minimum atomic E-state index is -3.62. The van der Waals surface area contributed by atoms with Crippen LogP contribution in [0.15, 0.2) is 35.2 Å². The van der Waals surface area contributed by atoms with Gasteiger partial charge < -0.3 is 4.90 Å². The first-order valence-corrected chi connectivity index (χ1v) is 11.4. The Hall–Kier alpha value is -1.40. The van der Waals surface area contributed by atoms with Crippen LogP contribution in [0.4, 0.5) is 0 Å². The van der Waals surface area contributed by atoms with E-state index in [0.29, 0.717) is 24.9 Å². The molecular formula is C20H28N2O3S. The topological polar surface area (TPSA) is 57.7 Å². The summed E-state index contributed by atoms with van der Waals surface area (Å²) in [5.74, 6) is 0.653. The highest BCUT2D eigenvalue weighted by Gasteiger charge is 2.44. The Kier molecular flexibility index (Phi) is 5.06. The van der Waals surface area contributed by atoms with Crippen LogP contribution in [-0.4, -0.2) is 48.7 Å². The Bertz CT molecular complexity index is 748. The van der Waals surface area contributed by atoms with Crippen molar-refractivity contribution in [2.24, 2.45) is 5.92 Å². The van der Waals surface area contributed by atoms with Crippen molar-refractivity contribution in [1.29, 1.82) is 0 Å². The molecule has 3 unspecified atom stereocenters. The van der Waals surface area contributed by atoms with Crippen LogP contribution in [0.5, 0.6) is 0 Å². The number of amides is 1. The number of hydrogen-bond donors (Lipinski definition) is 0. The van der Waals surface area contributed by atoms with Crippen molar-refractivity contribution in [3.8, 4) is 0 Å². The van der Waals surface area contributed by atoms with Gasteiger partial charge in [0.2, 0.25) is 15.9 Å². The van der Waals surface area contributed by atoms with Gasteiger partial charge in [0.05, 0.1) is 4.90 Å². The molecule has 1 amide bonds. The first-order valence-electron chi connectivity index (χ1n) is 9.96. The van der Waals surface area contributed by atoms with Gasteiger partial charge in [0, 0.05) is 19.1 Å². The van der Waals surface area contributed by atoms with Crippen LogP contribution in [-0.2, 0) is 14.8 Å². The molecule has 2 heterocycles. The lowest BCUT2D eigenvalue weighted by Crippen LogP contribution is -2.55. The molecule has 0 radical (unpaired) electrons. The lowest BCUT2D eigenvalue weighted by Gasteiger charge is -2.45. The van der Waals surface area contributed by atoms with E-state index in [1.54, 1.807) is 24.3 Å². The summed E-state index contributed by atoms with van der Waals surface area (Å²) in [6, 6.07) is 8.31. The third-order valence-corrected chi connectivity index (χ3v) is 8.29. The summed E-state index contributed by atoms with van der Waals surface area (Å²) in [5, 5.41) is 0. The maximum absolute atomic E-state index is 13.4. The van der Waals surface area contributed by atoms with Crippen LogP contribution in [0.25, 0.3) is 0 Å². The summed E-state index contributed by atoms with van der Waals surface area (Å²) in [7, 11) is -3.62. The largest absolute Gasteiger partial charge is 0.338 e. The Balaban J connectivity index is 1.57. The zero-order valence-corrected chi connectivity index (χ0v) is 16.0. The molecule has 1 aromatic rings. The molecule has 3 aliphatic rings. The van der Waals surface area contributed by atoms with Gasteiger partial charge in [-0.15, -0.1) is 0 Å². The predicted octanol–water partition coefficient (Wildman–Crippen LogP) is 3.02. The van der Waals surface area contributed by atoms with E-state index in [4.69, 9.17) is 0 Å². The SMILES string of the molecule is O=C(C1CCCN1S(=O)(=O)c1ccccc1)N1CCCC2CCCCC21. The second-order valence-electron chi connectivity index (χ2n) is 7.87. The van der Waals surface area contributed by atoms with Crippen molar-refractivity contribution in [3.05, 3.63) is 30.3 Å². The van der Waals surface area contributed by atoms with Crippen LogP contribution < -0.4 is 0 Å². The fourth-order valence-corrected chi connectivity index (χ4v) is 6.76. The first-order chi connectivity index (χ1) is 12.6. The monoisotopic (exact) mass is 376 g/mol. The number of sulfonamides is 1. The fourth-order valence-electron chi connectivity index (χ4n) is 5.09. The highest BCUT2D eigenvalue weighted by Crippen LogP contribution is 2.37. The molecule has 1 aromatic carbocycles. The summed E-state index contributed by atoms with van der Waals surface area (Å²) < 4.78 is 27.6. The number of rotatable bonds is 3. The van der Waals surface area contributed by atoms with Gasteiger partial charge in [-0.05, 0) is 56.6 Å². The number of nitrogens with zero attached hydrogens (tertiary/aromatic N) is 2. The Labute approximate surface area is 156 Å². The molecule has 1 saturated carbocycles. The summed E-state index contributed by atoms with van der Waals surface area (Å²) in [6.07, 6.45) is 8.39. The predicted molar refractivity (Wildman–Crippen MR) is 100 cm³/mol. The average Bonchev–Trinajstić information content (AvgIpc) is 3.18. The van der Waals surface area contributed by atoms with Gasteiger partial charge in [-0.3, -0.25) is 4.79 Å². The molecule has 0 N–H and O–H groups in total. The van der Waals surface area contributed by atoms with E-state index in [2.05, 4.69) is 0 Å². The van der Waals surface area contributed by atoms with Gasteiger partial charge in [-0.2, -0.15) is 4.31 Å². The van der Waals surface area contributed by atoms with E-state index in [1.165, 1.54) is 30.0 Å². The lowest BCUT2D eigenvalue weighted by atomic mass is 9.78. The maximum Gasteiger partial charge on any atom is 0.243 e. The van der Waals surface area contributed by atoms with Gasteiger partial charge in [0.25, 0.3) is 0 Å². The number of piperidine rings is 1. The maximum atomic E-state index is 13.4. The van der Waals surface area contributed by atoms with Crippen LogP contribution in [0, 0.1) is 5.92 Å². The third kappa shape index (κ3) is 3.18. The summed E-state index contributed by atoms with van der Waals surface area (Å²) in [5.41, 5.74) is 0. The van der Waals surface area contributed by atoms with Gasteiger partial charge in [-0.25, -0.2) is 8.42 Å².